The van der Waals surface area contributed by atoms with E-state index in [1.165, 1.54) is 0 Å². The van der Waals surface area contributed by atoms with Crippen LogP contribution in [0.4, 0.5) is 0 Å². The van der Waals surface area contributed by atoms with Gasteiger partial charge in [0.25, 0.3) is 5.91 Å². The quantitative estimate of drug-likeness (QED) is 0.157. The highest BCUT2D eigenvalue weighted by Gasteiger charge is 2.25. The molecule has 0 heterocycles. The maximum Gasteiger partial charge on any atom is 0.254 e. The molecule has 0 radical (unpaired) electrons. The number of halogens is 1. The number of hydrogen-bond acceptors (Lipinski definition) is 7. The Balaban J connectivity index is 0.00000648. The number of ether oxygens (including phenoxy) is 4. The largest absolute Gasteiger partial charge is 0.494 e. The molecule has 0 spiro atoms. The van der Waals surface area contributed by atoms with E-state index in [9.17, 15) is 4.79 Å². The summed E-state index contributed by atoms with van der Waals surface area (Å²) in [5.41, 5.74) is 1.44. The molecule has 0 unspecified atom stereocenters. The number of methoxy groups -OCH3 is 2. The fourth-order valence-electron chi connectivity index (χ4n) is 3.84. The van der Waals surface area contributed by atoms with Gasteiger partial charge in [0.2, 0.25) is 5.75 Å². The van der Waals surface area contributed by atoms with E-state index >= 15 is 0 Å². The molecule has 0 fully saturated rings. The third-order valence-electron chi connectivity index (χ3n) is 5.46. The molecule has 1 amide bonds. The smallest absolute Gasteiger partial charge is 0.254 e. The van der Waals surface area contributed by atoms with Crippen LogP contribution in [0.2, 0.25) is 0 Å². The van der Waals surface area contributed by atoms with Crippen molar-refractivity contribution in [3.8, 4) is 23.0 Å². The third kappa shape index (κ3) is 8.82. The van der Waals surface area contributed by atoms with Gasteiger partial charge >= 0.3 is 0 Å². The summed E-state index contributed by atoms with van der Waals surface area (Å²) in [4.78, 5) is 15.0. The molecule has 0 aliphatic heterocycles. The number of unbranched alkanes of at least 4 members (excludes halogenated alkanes) is 2. The van der Waals surface area contributed by atoms with E-state index in [0.29, 0.717) is 36.0 Å². The third-order valence-corrected chi connectivity index (χ3v) is 5.46. The van der Waals surface area contributed by atoms with E-state index in [1.54, 1.807) is 32.6 Å². The number of carbonyl (C=O) groups is 1. The first-order valence-electron chi connectivity index (χ1n) is 12.0. The first kappa shape index (κ1) is 30.9. The molecule has 0 aromatic heterocycles. The van der Waals surface area contributed by atoms with E-state index in [2.05, 4.69) is 5.10 Å². The van der Waals surface area contributed by atoms with Gasteiger partial charge in [0.15, 0.2) is 11.5 Å². The monoisotopic (exact) mass is 521 g/mol. The molecular formula is C27H40ClN3O5. The lowest BCUT2D eigenvalue weighted by Crippen LogP contribution is -2.42. The topological polar surface area (TPSA) is 95.6 Å². The molecule has 8 nitrogen and oxygen atoms in total. The van der Waals surface area contributed by atoms with Crippen LogP contribution in [0.1, 0.15) is 62.9 Å². The molecule has 9 heteroatoms. The van der Waals surface area contributed by atoms with Crippen LogP contribution in [-0.4, -0.2) is 56.5 Å². The Bertz CT molecular complexity index is 931. The normalized spacial score (nSPS) is 10.9. The Morgan fingerprint density at radius 3 is 1.92 bits per heavy atom. The first-order valence-corrected chi connectivity index (χ1v) is 12.0. The van der Waals surface area contributed by atoms with E-state index in [0.717, 1.165) is 30.6 Å². The number of benzene rings is 2. The Morgan fingerprint density at radius 2 is 1.44 bits per heavy atom. The van der Waals surface area contributed by atoms with E-state index in [4.69, 9.17) is 24.8 Å². The number of carbonyl (C=O) groups excluding carboxylic acids is 1. The average molecular weight is 522 g/mol. The minimum atomic E-state index is -0.0692. The van der Waals surface area contributed by atoms with Crippen molar-refractivity contribution in [1.29, 1.82) is 0 Å². The van der Waals surface area contributed by atoms with Crippen LogP contribution in [-0.2, 0) is 0 Å². The fraction of sp³-hybridized carbons (Fsp3) is 0.481. The zero-order valence-corrected chi connectivity index (χ0v) is 23.0. The van der Waals surface area contributed by atoms with Crippen LogP contribution in [0.3, 0.4) is 0 Å². The Morgan fingerprint density at radius 1 is 0.917 bits per heavy atom. The number of hydrazone groups is 1. The van der Waals surface area contributed by atoms with Gasteiger partial charge in [0.1, 0.15) is 5.75 Å². The van der Waals surface area contributed by atoms with Crippen molar-refractivity contribution in [1.82, 2.24) is 4.90 Å². The molecule has 200 valence electrons. The SMILES string of the molecule is COc1cc(C(=O)N(C(C)C)C(C)C)cc(OC)c1OCCCCCOc1ccc(C=NN)cc1.Cl. The molecule has 0 saturated carbocycles. The summed E-state index contributed by atoms with van der Waals surface area (Å²) >= 11 is 0. The second kappa shape index (κ2) is 15.8. The average Bonchev–Trinajstić information content (AvgIpc) is 2.83. The molecule has 0 aliphatic rings. The maximum absolute atomic E-state index is 13.1. The summed E-state index contributed by atoms with van der Waals surface area (Å²) in [6.07, 6.45) is 4.27. The molecule has 2 aromatic rings. The lowest BCUT2D eigenvalue weighted by molar-refractivity contribution is 0.0643. The van der Waals surface area contributed by atoms with Crippen molar-refractivity contribution < 1.29 is 23.7 Å². The van der Waals surface area contributed by atoms with E-state index in [1.807, 2.05) is 56.9 Å². The molecule has 2 aromatic carbocycles. The number of amides is 1. The zero-order valence-electron chi connectivity index (χ0n) is 22.2. The molecule has 0 aliphatic carbocycles. The van der Waals surface area contributed by atoms with Gasteiger partial charge in [-0.05, 0) is 88.9 Å². The van der Waals surface area contributed by atoms with Crippen LogP contribution in [0.5, 0.6) is 23.0 Å². The van der Waals surface area contributed by atoms with Gasteiger partial charge in [0.05, 0.1) is 33.6 Å². The summed E-state index contributed by atoms with van der Waals surface area (Å²) in [6.45, 7) is 9.13. The number of rotatable bonds is 14. The predicted molar refractivity (Wildman–Crippen MR) is 146 cm³/mol. The van der Waals surface area contributed by atoms with Gasteiger partial charge < -0.3 is 29.7 Å². The van der Waals surface area contributed by atoms with Crippen molar-refractivity contribution in [2.24, 2.45) is 10.9 Å². The fourth-order valence-corrected chi connectivity index (χ4v) is 3.84. The van der Waals surface area contributed by atoms with E-state index in [-0.39, 0.29) is 30.4 Å². The zero-order chi connectivity index (χ0) is 25.8. The molecule has 2 N–H and O–H groups in total. The summed E-state index contributed by atoms with van der Waals surface area (Å²) < 4.78 is 22.8. The molecule has 36 heavy (non-hydrogen) atoms. The number of hydrogen-bond donors (Lipinski definition) is 1. The molecule has 0 atom stereocenters. The van der Waals surface area contributed by atoms with Gasteiger partial charge in [-0.25, -0.2) is 0 Å². The maximum atomic E-state index is 13.1. The highest BCUT2D eigenvalue weighted by Crippen LogP contribution is 2.39. The minimum absolute atomic E-state index is 0. The van der Waals surface area contributed by atoms with Crippen LogP contribution in [0.15, 0.2) is 41.5 Å². The Hall–Kier alpha value is -3.13. The molecule has 2 rings (SSSR count). The van der Waals surface area contributed by atoms with Crippen molar-refractivity contribution in [3.63, 3.8) is 0 Å². The second-order valence-electron chi connectivity index (χ2n) is 8.71. The van der Waals surface area contributed by atoms with Crippen LogP contribution in [0.25, 0.3) is 0 Å². The van der Waals surface area contributed by atoms with Crippen molar-refractivity contribution in [3.05, 3.63) is 47.5 Å². The van der Waals surface area contributed by atoms with Crippen molar-refractivity contribution in [2.75, 3.05) is 27.4 Å². The lowest BCUT2D eigenvalue weighted by atomic mass is 10.1. The summed E-state index contributed by atoms with van der Waals surface area (Å²) in [7, 11) is 3.12. The first-order chi connectivity index (χ1) is 16.8. The predicted octanol–water partition coefficient (Wildman–Crippen LogP) is 5.31. The second-order valence-corrected chi connectivity index (χ2v) is 8.71. The summed E-state index contributed by atoms with van der Waals surface area (Å²) in [5.74, 6) is 7.36. The summed E-state index contributed by atoms with van der Waals surface area (Å²) in [5, 5.41) is 3.50. The van der Waals surface area contributed by atoms with E-state index < -0.39 is 0 Å². The molecule has 0 saturated heterocycles. The number of nitrogens with zero attached hydrogens (tertiary/aromatic N) is 2. The van der Waals surface area contributed by atoms with Crippen molar-refractivity contribution in [2.45, 2.75) is 59.0 Å². The minimum Gasteiger partial charge on any atom is -0.494 e. The highest BCUT2D eigenvalue weighted by molar-refractivity contribution is 5.96. The van der Waals surface area contributed by atoms with Crippen molar-refractivity contribution >= 4 is 24.5 Å². The Labute approximate surface area is 221 Å². The summed E-state index contributed by atoms with van der Waals surface area (Å²) in [6, 6.07) is 11.2. The van der Waals surface area contributed by atoms with Gasteiger partial charge in [-0.2, -0.15) is 5.10 Å². The lowest BCUT2D eigenvalue weighted by Gasteiger charge is -2.31. The van der Waals surface area contributed by atoms with Crippen LogP contribution < -0.4 is 24.8 Å². The Kier molecular flexibility index (Phi) is 13.5. The standard InChI is InChI=1S/C27H39N3O5.ClH/c1-19(2)30(20(3)4)27(31)22-16-24(32-5)26(25(17-22)33-6)35-15-9-7-8-14-34-23-12-10-21(11-13-23)18-29-28;/h10-13,16-20H,7-9,14-15,28H2,1-6H3;1H. The molecule has 0 bridgehead atoms. The van der Waals surface area contributed by atoms with Gasteiger partial charge in [0, 0.05) is 17.6 Å². The van der Waals surface area contributed by atoms with Gasteiger partial charge in [-0.3, -0.25) is 4.79 Å². The molecular weight excluding hydrogens is 482 g/mol. The van der Waals surface area contributed by atoms with Crippen LogP contribution in [0, 0.1) is 0 Å². The number of nitrogens with two attached hydrogens (primary N) is 1. The van der Waals surface area contributed by atoms with Gasteiger partial charge in [-0.1, -0.05) is 0 Å². The van der Waals surface area contributed by atoms with Crippen LogP contribution >= 0.6 is 12.4 Å². The highest BCUT2D eigenvalue weighted by atomic mass is 35.5. The van der Waals surface area contributed by atoms with Gasteiger partial charge in [-0.15, -0.1) is 12.4 Å².